The van der Waals surface area contributed by atoms with E-state index in [4.69, 9.17) is 5.73 Å². The molecule has 3 rings (SSSR count). The van der Waals surface area contributed by atoms with Crippen LogP contribution in [-0.4, -0.2) is 20.9 Å². The van der Waals surface area contributed by atoms with Gasteiger partial charge in [0.15, 0.2) is 0 Å². The molecule has 2 aromatic heterocycles. The number of aromatic nitrogens is 3. The molecule has 1 aromatic carbocycles. The minimum absolute atomic E-state index is 0.605. The highest BCUT2D eigenvalue weighted by Gasteiger charge is 2.05. The summed E-state index contributed by atoms with van der Waals surface area (Å²) in [6.45, 7) is 4.83. The van der Waals surface area contributed by atoms with Gasteiger partial charge in [-0.1, -0.05) is 29.3 Å². The van der Waals surface area contributed by atoms with Gasteiger partial charge in [-0.3, -0.25) is 4.40 Å². The van der Waals surface area contributed by atoms with Crippen LogP contribution in [0.1, 0.15) is 16.8 Å². The van der Waals surface area contributed by atoms with Crippen molar-refractivity contribution in [2.45, 2.75) is 20.3 Å². The molecule has 0 unspecified atom stereocenters. The molecule has 0 aliphatic rings. The first kappa shape index (κ1) is 12.8. The second-order valence-corrected chi connectivity index (χ2v) is 5.20. The molecule has 20 heavy (non-hydrogen) atoms. The molecule has 0 saturated heterocycles. The van der Waals surface area contributed by atoms with Crippen molar-refractivity contribution < 1.29 is 0 Å². The Morgan fingerprint density at radius 2 is 1.80 bits per heavy atom. The smallest absolute Gasteiger partial charge is 0.233 e. The van der Waals surface area contributed by atoms with Crippen molar-refractivity contribution in [3.8, 4) is 11.1 Å². The van der Waals surface area contributed by atoms with Gasteiger partial charge in [-0.05, 0) is 26.0 Å². The molecule has 4 nitrogen and oxygen atoms in total. The normalized spacial score (nSPS) is 11.2. The van der Waals surface area contributed by atoms with Gasteiger partial charge in [0.2, 0.25) is 5.78 Å². The van der Waals surface area contributed by atoms with Crippen molar-refractivity contribution >= 4 is 5.78 Å². The van der Waals surface area contributed by atoms with Crippen molar-refractivity contribution in [1.29, 1.82) is 0 Å². The maximum absolute atomic E-state index is 5.57. The molecular formula is C16H18N4. The summed E-state index contributed by atoms with van der Waals surface area (Å²) in [6.07, 6.45) is 6.73. The lowest BCUT2D eigenvalue weighted by molar-refractivity contribution is 0.936. The zero-order valence-corrected chi connectivity index (χ0v) is 11.8. The van der Waals surface area contributed by atoms with E-state index < -0.39 is 0 Å². The van der Waals surface area contributed by atoms with E-state index in [-0.39, 0.29) is 0 Å². The number of imidazole rings is 1. The number of fused-ring (bicyclic) bond motifs is 1. The monoisotopic (exact) mass is 266 g/mol. The number of rotatable bonds is 3. The fourth-order valence-electron chi connectivity index (χ4n) is 2.49. The van der Waals surface area contributed by atoms with Gasteiger partial charge in [-0.2, -0.15) is 0 Å². The van der Waals surface area contributed by atoms with Gasteiger partial charge in [0.05, 0.1) is 5.69 Å². The molecule has 0 spiro atoms. The third-order valence-electron chi connectivity index (χ3n) is 3.32. The summed E-state index contributed by atoms with van der Waals surface area (Å²) in [5.41, 5.74) is 11.4. The summed E-state index contributed by atoms with van der Waals surface area (Å²) in [6, 6.07) is 6.52. The molecule has 2 N–H and O–H groups in total. The van der Waals surface area contributed by atoms with Gasteiger partial charge < -0.3 is 5.73 Å². The highest BCUT2D eigenvalue weighted by molar-refractivity contribution is 5.64. The van der Waals surface area contributed by atoms with Gasteiger partial charge >= 0.3 is 0 Å². The number of nitrogens with two attached hydrogens (primary N) is 1. The molecule has 0 aliphatic carbocycles. The molecule has 0 atom stereocenters. The highest BCUT2D eigenvalue weighted by Crippen LogP contribution is 2.21. The summed E-state index contributed by atoms with van der Waals surface area (Å²) in [4.78, 5) is 8.88. The lowest BCUT2D eigenvalue weighted by atomic mass is 10.0. The van der Waals surface area contributed by atoms with Crippen LogP contribution in [0, 0.1) is 13.8 Å². The third-order valence-corrected chi connectivity index (χ3v) is 3.32. The van der Waals surface area contributed by atoms with Crippen LogP contribution in [0.3, 0.4) is 0 Å². The molecule has 2 heterocycles. The molecule has 0 fully saturated rings. The fourth-order valence-corrected chi connectivity index (χ4v) is 2.49. The zero-order valence-electron chi connectivity index (χ0n) is 11.8. The number of hydrogen-bond donors (Lipinski definition) is 1. The second kappa shape index (κ2) is 5.06. The van der Waals surface area contributed by atoms with Crippen LogP contribution in [0.25, 0.3) is 16.9 Å². The maximum atomic E-state index is 5.57. The molecule has 0 amide bonds. The lowest BCUT2D eigenvalue weighted by Gasteiger charge is -2.05. The Bertz CT molecular complexity index is 738. The Balaban J connectivity index is 2.07. The number of aryl methyl sites for hydroxylation is 2. The van der Waals surface area contributed by atoms with Crippen LogP contribution < -0.4 is 5.73 Å². The molecular weight excluding hydrogens is 248 g/mol. The number of nitrogens with zero attached hydrogens (tertiary/aromatic N) is 3. The van der Waals surface area contributed by atoms with Gasteiger partial charge in [0.25, 0.3) is 0 Å². The number of benzene rings is 1. The minimum Gasteiger partial charge on any atom is -0.330 e. The van der Waals surface area contributed by atoms with E-state index in [0.29, 0.717) is 6.54 Å². The largest absolute Gasteiger partial charge is 0.330 e. The van der Waals surface area contributed by atoms with Crippen molar-refractivity contribution in [3.63, 3.8) is 0 Å². The van der Waals surface area contributed by atoms with Crippen LogP contribution >= 0.6 is 0 Å². The van der Waals surface area contributed by atoms with Gasteiger partial charge in [-0.15, -0.1) is 0 Å². The van der Waals surface area contributed by atoms with Crippen LogP contribution in [0.2, 0.25) is 0 Å². The Hall–Kier alpha value is -2.20. The summed E-state index contributed by atoms with van der Waals surface area (Å²) >= 11 is 0. The van der Waals surface area contributed by atoms with Gasteiger partial charge in [-0.25, -0.2) is 9.97 Å². The molecule has 0 aliphatic heterocycles. The standard InChI is InChI=1S/C16H18N4/c1-11-5-12(2)7-13(6-11)14-8-18-16-19-15(3-4-17)10-20(16)9-14/h5-10H,3-4,17H2,1-2H3. The highest BCUT2D eigenvalue weighted by atomic mass is 15.1. The SMILES string of the molecule is Cc1cc(C)cc(-c2cnc3nc(CCN)cn3c2)c1. The van der Waals surface area contributed by atoms with E-state index in [2.05, 4.69) is 48.2 Å². The van der Waals surface area contributed by atoms with E-state index in [1.54, 1.807) is 0 Å². The first-order valence-corrected chi connectivity index (χ1v) is 6.78. The van der Waals surface area contributed by atoms with E-state index in [9.17, 15) is 0 Å². The van der Waals surface area contributed by atoms with E-state index in [1.165, 1.54) is 16.7 Å². The molecule has 4 heteroatoms. The average Bonchev–Trinajstić information content (AvgIpc) is 2.79. The minimum atomic E-state index is 0.605. The predicted octanol–water partition coefficient (Wildman–Crippen LogP) is 2.51. The van der Waals surface area contributed by atoms with Gasteiger partial charge in [0, 0.05) is 30.6 Å². The van der Waals surface area contributed by atoms with Crippen molar-refractivity contribution in [3.05, 3.63) is 53.6 Å². The van der Waals surface area contributed by atoms with Crippen LogP contribution in [-0.2, 0) is 6.42 Å². The molecule has 0 radical (unpaired) electrons. The second-order valence-electron chi connectivity index (χ2n) is 5.20. The van der Waals surface area contributed by atoms with E-state index in [0.717, 1.165) is 23.5 Å². The Kier molecular flexibility index (Phi) is 3.24. The van der Waals surface area contributed by atoms with Crippen LogP contribution in [0.15, 0.2) is 36.8 Å². The number of hydrogen-bond acceptors (Lipinski definition) is 3. The molecule has 0 bridgehead atoms. The summed E-state index contributed by atoms with van der Waals surface area (Å²) in [7, 11) is 0. The molecule has 0 saturated carbocycles. The first-order chi connectivity index (χ1) is 9.65. The lowest BCUT2D eigenvalue weighted by Crippen LogP contribution is -2.02. The Morgan fingerprint density at radius 1 is 1.05 bits per heavy atom. The Morgan fingerprint density at radius 3 is 2.50 bits per heavy atom. The summed E-state index contributed by atoms with van der Waals surface area (Å²) in [5, 5.41) is 0. The van der Waals surface area contributed by atoms with Crippen LogP contribution in [0.5, 0.6) is 0 Å². The predicted molar refractivity (Wildman–Crippen MR) is 80.7 cm³/mol. The van der Waals surface area contributed by atoms with Crippen molar-refractivity contribution in [2.24, 2.45) is 5.73 Å². The summed E-state index contributed by atoms with van der Waals surface area (Å²) in [5.74, 6) is 0.724. The van der Waals surface area contributed by atoms with Gasteiger partial charge in [0.1, 0.15) is 0 Å². The first-order valence-electron chi connectivity index (χ1n) is 6.78. The topological polar surface area (TPSA) is 56.2 Å². The van der Waals surface area contributed by atoms with E-state index in [1.807, 2.05) is 16.8 Å². The van der Waals surface area contributed by atoms with Crippen molar-refractivity contribution in [1.82, 2.24) is 14.4 Å². The fraction of sp³-hybridized carbons (Fsp3) is 0.250. The molecule has 102 valence electrons. The third kappa shape index (κ3) is 2.42. The van der Waals surface area contributed by atoms with E-state index >= 15 is 0 Å². The average molecular weight is 266 g/mol. The maximum Gasteiger partial charge on any atom is 0.233 e. The van der Waals surface area contributed by atoms with Crippen molar-refractivity contribution in [2.75, 3.05) is 6.54 Å². The quantitative estimate of drug-likeness (QED) is 0.792. The van der Waals surface area contributed by atoms with Crippen LogP contribution in [0.4, 0.5) is 0 Å². The zero-order chi connectivity index (χ0) is 14.1. The summed E-state index contributed by atoms with van der Waals surface area (Å²) < 4.78 is 1.97. The Labute approximate surface area is 118 Å². The molecule has 3 aromatic rings.